The number of ketones is 1. The van der Waals surface area contributed by atoms with Crippen molar-refractivity contribution in [3.63, 3.8) is 0 Å². The number of Topliss-reactive ketones (excluding diaryl/α,β-unsaturated/α-hetero) is 1. The third kappa shape index (κ3) is 1.03. The van der Waals surface area contributed by atoms with E-state index in [4.69, 9.17) is 0 Å². The summed E-state index contributed by atoms with van der Waals surface area (Å²) in [6.07, 6.45) is 7.11. The fourth-order valence-electron chi connectivity index (χ4n) is 2.93. The molecular formula is C11H16O. The van der Waals surface area contributed by atoms with Gasteiger partial charge in [-0.1, -0.05) is 19.1 Å². The van der Waals surface area contributed by atoms with Crippen molar-refractivity contribution in [2.45, 2.75) is 26.7 Å². The quantitative estimate of drug-likeness (QED) is 0.544. The molecule has 0 N–H and O–H groups in total. The predicted octanol–water partition coefficient (Wildman–Crippen LogP) is 2.42. The van der Waals surface area contributed by atoms with Crippen molar-refractivity contribution < 1.29 is 4.79 Å². The van der Waals surface area contributed by atoms with Crippen LogP contribution in [0.4, 0.5) is 0 Å². The van der Waals surface area contributed by atoms with Crippen LogP contribution in [-0.2, 0) is 4.79 Å². The predicted molar refractivity (Wildman–Crippen MR) is 48.7 cm³/mol. The van der Waals surface area contributed by atoms with Gasteiger partial charge in [0.2, 0.25) is 0 Å². The molecule has 1 heteroatoms. The highest BCUT2D eigenvalue weighted by Crippen LogP contribution is 2.44. The van der Waals surface area contributed by atoms with Crippen LogP contribution in [0.15, 0.2) is 12.2 Å². The molecule has 0 aromatic heterocycles. The van der Waals surface area contributed by atoms with E-state index >= 15 is 0 Å². The summed E-state index contributed by atoms with van der Waals surface area (Å²) in [6, 6.07) is 0. The molecule has 0 heterocycles. The van der Waals surface area contributed by atoms with Crippen LogP contribution in [0.5, 0.6) is 0 Å². The Morgan fingerprint density at radius 2 is 1.83 bits per heavy atom. The first-order chi connectivity index (χ1) is 5.70. The van der Waals surface area contributed by atoms with Crippen LogP contribution in [0.3, 0.4) is 0 Å². The highest BCUT2D eigenvalue weighted by Gasteiger charge is 2.40. The van der Waals surface area contributed by atoms with E-state index in [1.807, 2.05) is 0 Å². The second kappa shape index (κ2) is 2.72. The maximum atomic E-state index is 11.4. The molecule has 0 amide bonds. The van der Waals surface area contributed by atoms with Crippen molar-refractivity contribution in [2.24, 2.45) is 23.7 Å². The summed E-state index contributed by atoms with van der Waals surface area (Å²) in [6.45, 7) is 3.97. The molecule has 0 aromatic carbocycles. The number of allylic oxidation sites excluding steroid dienone is 2. The maximum absolute atomic E-state index is 11.4. The molecule has 0 spiro atoms. The monoisotopic (exact) mass is 164 g/mol. The number of rotatable bonds is 1. The van der Waals surface area contributed by atoms with Crippen LogP contribution >= 0.6 is 0 Å². The van der Waals surface area contributed by atoms with Crippen LogP contribution < -0.4 is 0 Å². The van der Waals surface area contributed by atoms with Gasteiger partial charge in [0.1, 0.15) is 5.78 Å². The lowest BCUT2D eigenvalue weighted by Gasteiger charge is -2.42. The largest absolute Gasteiger partial charge is 0.300 e. The molecule has 4 atom stereocenters. The fraction of sp³-hybridized carbons (Fsp3) is 0.727. The van der Waals surface area contributed by atoms with Crippen molar-refractivity contribution in [1.29, 1.82) is 0 Å². The third-order valence-corrected chi connectivity index (χ3v) is 3.61. The van der Waals surface area contributed by atoms with Crippen molar-refractivity contribution in [3.05, 3.63) is 12.2 Å². The highest BCUT2D eigenvalue weighted by atomic mass is 16.1. The topological polar surface area (TPSA) is 17.1 Å². The molecule has 0 aliphatic heterocycles. The van der Waals surface area contributed by atoms with E-state index in [9.17, 15) is 4.79 Å². The Kier molecular flexibility index (Phi) is 1.82. The molecule has 3 rings (SSSR count). The lowest BCUT2D eigenvalue weighted by Crippen LogP contribution is -2.38. The second-order valence-electron chi connectivity index (χ2n) is 4.29. The van der Waals surface area contributed by atoms with E-state index in [2.05, 4.69) is 19.1 Å². The van der Waals surface area contributed by atoms with Gasteiger partial charge >= 0.3 is 0 Å². The van der Waals surface area contributed by atoms with Gasteiger partial charge in [-0.3, -0.25) is 4.79 Å². The summed E-state index contributed by atoms with van der Waals surface area (Å²) in [4.78, 5) is 11.4. The summed E-state index contributed by atoms with van der Waals surface area (Å²) in [7, 11) is 0. The van der Waals surface area contributed by atoms with Gasteiger partial charge in [-0.05, 0) is 37.5 Å². The van der Waals surface area contributed by atoms with E-state index in [-0.39, 0.29) is 0 Å². The van der Waals surface area contributed by atoms with E-state index in [0.29, 0.717) is 29.5 Å². The number of carbonyl (C=O) groups excluding carboxylic acids is 1. The molecule has 1 saturated carbocycles. The number of carbonyl (C=O) groups is 1. The second-order valence-corrected chi connectivity index (χ2v) is 4.29. The van der Waals surface area contributed by atoms with Gasteiger partial charge in [0.15, 0.2) is 0 Å². The molecule has 0 unspecified atom stereocenters. The van der Waals surface area contributed by atoms with Gasteiger partial charge in [0.25, 0.3) is 0 Å². The average molecular weight is 164 g/mol. The van der Waals surface area contributed by atoms with Gasteiger partial charge < -0.3 is 0 Å². The summed E-state index contributed by atoms with van der Waals surface area (Å²) in [5, 5.41) is 0. The van der Waals surface area contributed by atoms with Crippen molar-refractivity contribution in [2.75, 3.05) is 0 Å². The lowest BCUT2D eigenvalue weighted by atomic mass is 9.62. The minimum absolute atomic E-state index is 0.328. The van der Waals surface area contributed by atoms with E-state index < -0.39 is 0 Å². The smallest absolute Gasteiger partial charge is 0.133 e. The zero-order chi connectivity index (χ0) is 8.72. The molecular weight excluding hydrogens is 148 g/mol. The standard InChI is InChI=1S/C11H16O/c1-7-9-3-5-10(6-4-9)11(7)8(2)12/h3,5,7,9-11H,4,6H2,1-2H3/t7-,9+,10-,11-/m1/s1. The van der Waals surface area contributed by atoms with Gasteiger partial charge in [-0.25, -0.2) is 0 Å². The maximum Gasteiger partial charge on any atom is 0.133 e. The zero-order valence-corrected chi connectivity index (χ0v) is 7.79. The zero-order valence-electron chi connectivity index (χ0n) is 7.79. The lowest BCUT2D eigenvalue weighted by molar-refractivity contribution is -0.125. The molecule has 2 bridgehead atoms. The Morgan fingerprint density at radius 1 is 1.25 bits per heavy atom. The molecule has 3 aliphatic carbocycles. The van der Waals surface area contributed by atoms with Crippen LogP contribution in [0.2, 0.25) is 0 Å². The first-order valence-corrected chi connectivity index (χ1v) is 4.89. The Hall–Kier alpha value is -0.590. The first-order valence-electron chi connectivity index (χ1n) is 4.89. The van der Waals surface area contributed by atoms with E-state index in [0.717, 1.165) is 0 Å². The Labute approximate surface area is 73.8 Å². The molecule has 1 fully saturated rings. The summed E-state index contributed by atoms with van der Waals surface area (Å²) >= 11 is 0. The molecule has 0 saturated heterocycles. The Morgan fingerprint density at radius 3 is 2.17 bits per heavy atom. The van der Waals surface area contributed by atoms with Crippen molar-refractivity contribution in [3.8, 4) is 0 Å². The van der Waals surface area contributed by atoms with Gasteiger partial charge in [-0.2, -0.15) is 0 Å². The highest BCUT2D eigenvalue weighted by molar-refractivity contribution is 5.79. The normalized spacial score (nSPS) is 44.8. The number of hydrogen-bond donors (Lipinski definition) is 0. The minimum atomic E-state index is 0.328. The molecule has 0 radical (unpaired) electrons. The Balaban J connectivity index is 2.26. The van der Waals surface area contributed by atoms with Crippen LogP contribution in [0, 0.1) is 23.7 Å². The van der Waals surface area contributed by atoms with Crippen molar-refractivity contribution in [1.82, 2.24) is 0 Å². The molecule has 1 nitrogen and oxygen atoms in total. The average Bonchev–Trinajstić information content (AvgIpc) is 2.05. The van der Waals surface area contributed by atoms with Crippen molar-refractivity contribution >= 4 is 5.78 Å². The number of hydrogen-bond acceptors (Lipinski definition) is 1. The fourth-order valence-corrected chi connectivity index (χ4v) is 2.93. The van der Waals surface area contributed by atoms with Crippen LogP contribution in [0.25, 0.3) is 0 Å². The SMILES string of the molecule is CC(=O)[C@H]1[C@H](C)[C@H]2C=C[C@@H]1CC2. The molecule has 0 aromatic rings. The third-order valence-electron chi connectivity index (χ3n) is 3.61. The summed E-state index contributed by atoms with van der Waals surface area (Å²) in [5.74, 6) is 2.55. The van der Waals surface area contributed by atoms with Gasteiger partial charge in [0.05, 0.1) is 0 Å². The van der Waals surface area contributed by atoms with Gasteiger partial charge in [-0.15, -0.1) is 0 Å². The van der Waals surface area contributed by atoms with E-state index in [1.54, 1.807) is 6.92 Å². The van der Waals surface area contributed by atoms with Gasteiger partial charge in [0, 0.05) is 5.92 Å². The molecule has 12 heavy (non-hydrogen) atoms. The first kappa shape index (κ1) is 8.03. The molecule has 3 aliphatic rings. The van der Waals surface area contributed by atoms with E-state index in [1.165, 1.54) is 12.8 Å². The Bertz CT molecular complexity index is 229. The summed E-state index contributed by atoms with van der Waals surface area (Å²) in [5.41, 5.74) is 0. The molecule has 66 valence electrons. The van der Waals surface area contributed by atoms with Crippen LogP contribution in [0.1, 0.15) is 26.7 Å². The summed E-state index contributed by atoms with van der Waals surface area (Å²) < 4.78 is 0. The number of fused-ring (bicyclic) bond motifs is 2. The van der Waals surface area contributed by atoms with Crippen LogP contribution in [-0.4, -0.2) is 5.78 Å². The minimum Gasteiger partial charge on any atom is -0.300 e.